The van der Waals surface area contributed by atoms with Crippen LogP contribution in [0.3, 0.4) is 0 Å². The van der Waals surface area contributed by atoms with E-state index in [9.17, 15) is 24.0 Å². The Bertz CT molecular complexity index is 1080. The van der Waals surface area contributed by atoms with Crippen LogP contribution in [0.25, 0.3) is 11.1 Å². The Labute approximate surface area is 197 Å². The number of esters is 1. The summed E-state index contributed by atoms with van der Waals surface area (Å²) in [4.78, 5) is 60.3. The Kier molecular flexibility index (Phi) is 7.78. The molecule has 0 spiro atoms. The number of Topliss-reactive ketones (excluding diaryl/α,β-unsaturated/α-hetero) is 1. The molecule has 3 N–H and O–H groups in total. The second-order valence-electron chi connectivity index (χ2n) is 8.10. The lowest BCUT2D eigenvalue weighted by Gasteiger charge is -2.18. The van der Waals surface area contributed by atoms with Crippen LogP contribution < -0.4 is 16.0 Å². The number of ether oxygens (including phenoxy) is 1. The molecular formula is C25H27N3O6. The van der Waals surface area contributed by atoms with Crippen LogP contribution in [-0.4, -0.2) is 48.3 Å². The zero-order valence-electron chi connectivity index (χ0n) is 19.2. The van der Waals surface area contributed by atoms with Crippen molar-refractivity contribution >= 4 is 29.5 Å². The summed E-state index contributed by atoms with van der Waals surface area (Å²) in [6.45, 7) is 3.75. The van der Waals surface area contributed by atoms with E-state index in [1.54, 1.807) is 0 Å². The van der Waals surface area contributed by atoms with Gasteiger partial charge in [-0.1, -0.05) is 48.5 Å². The molecule has 0 saturated heterocycles. The molecule has 1 aliphatic carbocycles. The molecule has 0 aliphatic heterocycles. The maximum Gasteiger partial charge on any atom is 0.304 e. The van der Waals surface area contributed by atoms with Crippen LogP contribution in [-0.2, 0) is 28.7 Å². The summed E-state index contributed by atoms with van der Waals surface area (Å²) in [5.74, 6) is -3.49. The van der Waals surface area contributed by atoms with Gasteiger partial charge in [0.25, 0.3) is 5.91 Å². The minimum Gasteiger partial charge on any atom is -0.445 e. The van der Waals surface area contributed by atoms with E-state index in [0.717, 1.165) is 22.3 Å². The Morgan fingerprint density at radius 3 is 1.91 bits per heavy atom. The van der Waals surface area contributed by atoms with Crippen LogP contribution in [0.2, 0.25) is 0 Å². The van der Waals surface area contributed by atoms with Crippen LogP contribution in [0.4, 0.5) is 0 Å². The van der Waals surface area contributed by atoms with Crippen LogP contribution in [0.15, 0.2) is 48.5 Å². The maximum absolute atomic E-state index is 12.7. The molecule has 34 heavy (non-hydrogen) atoms. The average Bonchev–Trinajstić information content (AvgIpc) is 3.12. The topological polar surface area (TPSA) is 131 Å². The van der Waals surface area contributed by atoms with E-state index in [0.29, 0.717) is 0 Å². The number of fused-ring (bicyclic) bond motifs is 3. The predicted molar refractivity (Wildman–Crippen MR) is 123 cm³/mol. The lowest BCUT2D eigenvalue weighted by atomic mass is 9.91. The number of hydrogen-bond acceptors (Lipinski definition) is 6. The van der Waals surface area contributed by atoms with Gasteiger partial charge in [0, 0.05) is 19.3 Å². The number of benzene rings is 2. The first-order chi connectivity index (χ1) is 16.2. The van der Waals surface area contributed by atoms with E-state index in [1.165, 1.54) is 20.8 Å². The molecule has 9 heteroatoms. The van der Waals surface area contributed by atoms with Gasteiger partial charge < -0.3 is 20.7 Å². The van der Waals surface area contributed by atoms with E-state index in [4.69, 9.17) is 0 Å². The lowest BCUT2D eigenvalue weighted by molar-refractivity contribution is -0.143. The van der Waals surface area contributed by atoms with Gasteiger partial charge in [-0.15, -0.1) is 0 Å². The van der Waals surface area contributed by atoms with Crippen molar-refractivity contribution < 1.29 is 28.7 Å². The van der Waals surface area contributed by atoms with E-state index in [-0.39, 0.29) is 19.1 Å². The summed E-state index contributed by atoms with van der Waals surface area (Å²) in [5.41, 5.74) is 4.07. The van der Waals surface area contributed by atoms with E-state index in [2.05, 4.69) is 20.7 Å². The Morgan fingerprint density at radius 2 is 1.35 bits per heavy atom. The normalized spacial score (nSPS) is 13.6. The molecule has 0 radical (unpaired) electrons. The number of rotatable bonds is 9. The van der Waals surface area contributed by atoms with Crippen molar-refractivity contribution in [1.29, 1.82) is 0 Å². The van der Waals surface area contributed by atoms with Crippen molar-refractivity contribution in [3.8, 4) is 11.1 Å². The Balaban J connectivity index is 1.55. The van der Waals surface area contributed by atoms with Gasteiger partial charge in [0.2, 0.25) is 17.6 Å². The summed E-state index contributed by atoms with van der Waals surface area (Å²) >= 11 is 0. The van der Waals surface area contributed by atoms with Gasteiger partial charge in [-0.3, -0.25) is 24.0 Å². The van der Waals surface area contributed by atoms with Crippen molar-refractivity contribution in [3.63, 3.8) is 0 Å². The molecule has 3 rings (SSSR count). The first-order valence-electron chi connectivity index (χ1n) is 10.9. The van der Waals surface area contributed by atoms with Gasteiger partial charge in [-0.25, -0.2) is 0 Å². The van der Waals surface area contributed by atoms with Crippen LogP contribution >= 0.6 is 0 Å². The van der Waals surface area contributed by atoms with Crippen molar-refractivity contribution in [2.45, 2.75) is 45.2 Å². The van der Waals surface area contributed by atoms with Crippen molar-refractivity contribution in [2.24, 2.45) is 0 Å². The van der Waals surface area contributed by atoms with Gasteiger partial charge in [-0.05, 0) is 36.1 Å². The van der Waals surface area contributed by atoms with E-state index < -0.39 is 41.6 Å². The van der Waals surface area contributed by atoms with E-state index in [1.807, 2.05) is 48.5 Å². The maximum atomic E-state index is 12.7. The van der Waals surface area contributed by atoms with E-state index >= 15 is 0 Å². The molecule has 2 aromatic carbocycles. The van der Waals surface area contributed by atoms with Gasteiger partial charge in [0.15, 0.2) is 6.73 Å². The SMILES string of the molecule is CC(=O)OCNC(=O)[C@H](C)NC(=O)[C@H](C)NC(=O)C(=O)CC1c2ccccc2-c2ccccc21. The number of ketones is 1. The third kappa shape index (κ3) is 5.67. The molecule has 2 aromatic rings. The standard InChI is InChI=1S/C25H27N3O6/c1-14(23(31)26-13-34-16(3)29)27-24(32)15(2)28-25(33)22(30)12-21-19-10-6-4-8-17(19)18-9-5-7-11-20(18)21/h4-11,14-15,21H,12-13H2,1-3H3,(H,26,31)(H,27,32)(H,28,33)/t14-,15-/m0/s1. The van der Waals surface area contributed by atoms with Gasteiger partial charge in [-0.2, -0.15) is 0 Å². The molecule has 0 heterocycles. The highest BCUT2D eigenvalue weighted by Crippen LogP contribution is 2.46. The summed E-state index contributed by atoms with van der Waals surface area (Å²) in [6.07, 6.45) is -0.0246. The summed E-state index contributed by atoms with van der Waals surface area (Å²) in [5, 5.41) is 7.18. The number of hydrogen-bond donors (Lipinski definition) is 3. The largest absolute Gasteiger partial charge is 0.445 e. The number of carbonyl (C=O) groups excluding carboxylic acids is 5. The highest BCUT2D eigenvalue weighted by atomic mass is 16.5. The Hall–Kier alpha value is -4.01. The van der Waals surface area contributed by atoms with Crippen LogP contribution in [0.5, 0.6) is 0 Å². The molecule has 2 atom stereocenters. The molecular weight excluding hydrogens is 438 g/mol. The molecule has 0 fully saturated rings. The molecule has 3 amide bonds. The third-order valence-electron chi connectivity index (χ3n) is 5.62. The quantitative estimate of drug-likeness (QED) is 0.292. The summed E-state index contributed by atoms with van der Waals surface area (Å²) < 4.78 is 4.61. The fraction of sp³-hybridized carbons (Fsp3) is 0.320. The molecule has 0 bridgehead atoms. The van der Waals surface area contributed by atoms with Gasteiger partial charge >= 0.3 is 5.97 Å². The third-order valence-corrected chi connectivity index (χ3v) is 5.62. The van der Waals surface area contributed by atoms with Crippen molar-refractivity contribution in [3.05, 3.63) is 59.7 Å². The lowest BCUT2D eigenvalue weighted by Crippen LogP contribution is -2.52. The molecule has 0 unspecified atom stereocenters. The Morgan fingerprint density at radius 1 is 0.824 bits per heavy atom. The average molecular weight is 466 g/mol. The van der Waals surface area contributed by atoms with Crippen LogP contribution in [0.1, 0.15) is 44.2 Å². The zero-order valence-corrected chi connectivity index (χ0v) is 19.2. The van der Waals surface area contributed by atoms with Crippen LogP contribution in [0, 0.1) is 0 Å². The molecule has 1 aliphatic rings. The fourth-order valence-corrected chi connectivity index (χ4v) is 3.87. The molecule has 9 nitrogen and oxygen atoms in total. The first-order valence-corrected chi connectivity index (χ1v) is 10.9. The summed E-state index contributed by atoms with van der Waals surface area (Å²) in [6, 6.07) is 13.6. The van der Waals surface area contributed by atoms with Gasteiger partial charge in [0.05, 0.1) is 0 Å². The van der Waals surface area contributed by atoms with Crippen molar-refractivity contribution in [1.82, 2.24) is 16.0 Å². The second-order valence-corrected chi connectivity index (χ2v) is 8.10. The number of amides is 3. The van der Waals surface area contributed by atoms with Gasteiger partial charge in [0.1, 0.15) is 12.1 Å². The first kappa shape index (κ1) is 24.6. The highest BCUT2D eigenvalue weighted by molar-refractivity contribution is 6.36. The predicted octanol–water partition coefficient (Wildman–Crippen LogP) is 1.40. The zero-order chi connectivity index (χ0) is 24.8. The monoisotopic (exact) mass is 465 g/mol. The molecule has 0 aromatic heterocycles. The molecule has 0 saturated carbocycles. The molecule has 178 valence electrons. The number of nitrogens with one attached hydrogen (secondary N) is 3. The fourth-order valence-electron chi connectivity index (χ4n) is 3.87. The number of carbonyl (C=O) groups is 5. The minimum absolute atomic E-state index is 0.0246. The second kappa shape index (κ2) is 10.7. The highest BCUT2D eigenvalue weighted by Gasteiger charge is 2.32. The minimum atomic E-state index is -1.04. The van der Waals surface area contributed by atoms with Crippen molar-refractivity contribution in [2.75, 3.05) is 6.73 Å². The smallest absolute Gasteiger partial charge is 0.304 e. The summed E-state index contributed by atoms with van der Waals surface area (Å²) in [7, 11) is 0.